The highest BCUT2D eigenvalue weighted by atomic mass is 35.5. The van der Waals surface area contributed by atoms with Crippen LogP contribution in [0.2, 0.25) is 5.02 Å². The largest absolute Gasteiger partial charge is 0.391 e. The number of carbonyl (C=O) groups excluding carboxylic acids is 2. The molecule has 0 radical (unpaired) electrons. The van der Waals surface area contributed by atoms with Crippen LogP contribution in [0.4, 0.5) is 17.1 Å². The summed E-state index contributed by atoms with van der Waals surface area (Å²) in [6.07, 6.45) is 0. The van der Waals surface area contributed by atoms with Crippen molar-refractivity contribution in [3.8, 4) is 0 Å². The Morgan fingerprint density at radius 3 is 2.46 bits per heavy atom. The molecule has 1 heterocycles. The molecule has 3 N–H and O–H groups in total. The second-order valence-corrected chi connectivity index (χ2v) is 7.47. The number of aliphatic hydroxyl groups excluding tert-OH is 2. The van der Waals surface area contributed by atoms with E-state index in [0.717, 1.165) is 0 Å². The van der Waals surface area contributed by atoms with Gasteiger partial charge in [-0.25, -0.2) is 0 Å². The second kappa shape index (κ2) is 8.28. The number of anilines is 3. The lowest BCUT2D eigenvalue weighted by atomic mass is 10.1. The van der Waals surface area contributed by atoms with Crippen molar-refractivity contribution in [2.45, 2.75) is 0 Å². The molecule has 0 aromatic heterocycles. The van der Waals surface area contributed by atoms with Crippen LogP contribution in [0.3, 0.4) is 0 Å². The first-order valence-electron chi connectivity index (χ1n) is 8.97. The molecule has 2 aromatic carbocycles. The average Bonchev–Trinajstić information content (AvgIpc) is 2.75. The third-order valence-corrected chi connectivity index (χ3v) is 5.12. The van der Waals surface area contributed by atoms with Crippen LogP contribution in [0.15, 0.2) is 42.5 Å². The first kappa shape index (κ1) is 20.3. The predicted octanol–water partition coefficient (Wildman–Crippen LogP) is 2.00. The van der Waals surface area contributed by atoms with Gasteiger partial charge in [0, 0.05) is 5.02 Å². The maximum Gasteiger partial charge on any atom is 0.286 e. The van der Waals surface area contributed by atoms with E-state index in [2.05, 4.69) is 5.32 Å². The van der Waals surface area contributed by atoms with Gasteiger partial charge in [-0.2, -0.15) is 0 Å². The van der Waals surface area contributed by atoms with Crippen LogP contribution in [0.5, 0.6) is 0 Å². The number of rotatable bonds is 6. The smallest absolute Gasteiger partial charge is 0.286 e. The maximum atomic E-state index is 13.4. The predicted molar refractivity (Wildman–Crippen MR) is 108 cm³/mol. The number of nitrogens with one attached hydrogen (secondary N) is 1. The summed E-state index contributed by atoms with van der Waals surface area (Å²) >= 11 is 6.09. The molecule has 7 nitrogen and oxygen atoms in total. The standard InChI is InChI=1S/C20H22ClN3O4/c1-24(8-10-25,9-11-26)13-19(27)23-17-5-3-2-4-15(17)20(28)22-16-12-14(21)6-7-18(16)23/h2-7,12,25-26H,8-11,13H2,1H3/p+1. The van der Waals surface area contributed by atoms with Crippen LogP contribution < -0.4 is 10.2 Å². The summed E-state index contributed by atoms with van der Waals surface area (Å²) in [6.45, 7) is 0.490. The van der Waals surface area contributed by atoms with Crippen LogP contribution in [0.1, 0.15) is 10.4 Å². The van der Waals surface area contributed by atoms with Gasteiger partial charge < -0.3 is 20.0 Å². The Morgan fingerprint density at radius 2 is 1.79 bits per heavy atom. The summed E-state index contributed by atoms with van der Waals surface area (Å²) in [5.41, 5.74) is 1.82. The summed E-state index contributed by atoms with van der Waals surface area (Å²) in [4.78, 5) is 27.6. The summed E-state index contributed by atoms with van der Waals surface area (Å²) in [7, 11) is 1.81. The number of hydrogen-bond acceptors (Lipinski definition) is 4. The Balaban J connectivity index is 2.09. The molecule has 2 amide bonds. The first-order valence-corrected chi connectivity index (χ1v) is 9.34. The van der Waals surface area contributed by atoms with Crippen LogP contribution in [-0.4, -0.2) is 66.4 Å². The number of carbonyl (C=O) groups is 2. The van der Waals surface area contributed by atoms with Gasteiger partial charge in [-0.15, -0.1) is 0 Å². The van der Waals surface area contributed by atoms with Crippen molar-refractivity contribution in [1.82, 2.24) is 0 Å². The van der Waals surface area contributed by atoms with Crippen LogP contribution in [0, 0.1) is 0 Å². The molecule has 0 saturated heterocycles. The lowest BCUT2D eigenvalue weighted by Gasteiger charge is -2.35. The fourth-order valence-corrected chi connectivity index (χ4v) is 3.57. The highest BCUT2D eigenvalue weighted by Gasteiger charge is 2.34. The van der Waals surface area contributed by atoms with Gasteiger partial charge in [0.05, 0.1) is 42.9 Å². The number of halogens is 1. The Bertz CT molecular complexity index is 897. The monoisotopic (exact) mass is 404 g/mol. The molecular formula is C20H23ClN3O4+. The Morgan fingerprint density at radius 1 is 1.11 bits per heavy atom. The molecule has 1 aliphatic rings. The van der Waals surface area contributed by atoms with Crippen LogP contribution in [-0.2, 0) is 4.79 Å². The number of quaternary nitrogens is 1. The van der Waals surface area contributed by atoms with E-state index in [4.69, 9.17) is 11.6 Å². The molecular weight excluding hydrogens is 382 g/mol. The quantitative estimate of drug-likeness (QED) is 0.642. The maximum absolute atomic E-state index is 13.4. The minimum atomic E-state index is -0.322. The van der Waals surface area contributed by atoms with E-state index in [1.807, 2.05) is 0 Å². The average molecular weight is 405 g/mol. The number of fused-ring (bicyclic) bond motifs is 2. The molecule has 2 aromatic rings. The third kappa shape index (κ3) is 4.02. The molecule has 0 saturated carbocycles. The fraction of sp³-hybridized carbons (Fsp3) is 0.300. The van der Waals surface area contributed by atoms with E-state index in [1.165, 1.54) is 4.90 Å². The topological polar surface area (TPSA) is 89.9 Å². The molecule has 148 valence electrons. The van der Waals surface area contributed by atoms with Crippen LogP contribution >= 0.6 is 11.6 Å². The van der Waals surface area contributed by atoms with E-state index in [9.17, 15) is 19.8 Å². The first-order chi connectivity index (χ1) is 13.4. The molecule has 0 fully saturated rings. The molecule has 0 unspecified atom stereocenters. The third-order valence-electron chi connectivity index (χ3n) is 4.88. The summed E-state index contributed by atoms with van der Waals surface area (Å²) in [5, 5.41) is 22.0. The fourth-order valence-electron chi connectivity index (χ4n) is 3.40. The number of aliphatic hydroxyl groups is 2. The summed E-state index contributed by atoms with van der Waals surface area (Å²) < 4.78 is 0.175. The van der Waals surface area contributed by atoms with Crippen molar-refractivity contribution in [2.75, 3.05) is 50.1 Å². The van der Waals surface area contributed by atoms with E-state index >= 15 is 0 Å². The van der Waals surface area contributed by atoms with Gasteiger partial charge in [-0.05, 0) is 30.3 Å². The van der Waals surface area contributed by atoms with Crippen molar-refractivity contribution in [3.63, 3.8) is 0 Å². The molecule has 0 bridgehead atoms. The number of likely N-dealkylation sites (N-methyl/N-ethyl adjacent to an activating group) is 1. The van der Waals surface area contributed by atoms with Gasteiger partial charge in [0.2, 0.25) is 0 Å². The number of para-hydroxylation sites is 1. The van der Waals surface area contributed by atoms with Crippen molar-refractivity contribution in [2.24, 2.45) is 0 Å². The minimum absolute atomic E-state index is 0.0473. The number of benzene rings is 2. The second-order valence-electron chi connectivity index (χ2n) is 7.03. The lowest BCUT2D eigenvalue weighted by molar-refractivity contribution is -0.902. The van der Waals surface area contributed by atoms with Gasteiger partial charge in [-0.3, -0.25) is 14.5 Å². The molecule has 1 aliphatic heterocycles. The number of amides is 2. The zero-order valence-corrected chi connectivity index (χ0v) is 16.3. The molecule has 28 heavy (non-hydrogen) atoms. The minimum Gasteiger partial charge on any atom is -0.391 e. The van der Waals surface area contributed by atoms with E-state index in [-0.39, 0.29) is 36.1 Å². The van der Waals surface area contributed by atoms with Gasteiger partial charge >= 0.3 is 0 Å². The van der Waals surface area contributed by atoms with Gasteiger partial charge in [0.15, 0.2) is 6.54 Å². The van der Waals surface area contributed by atoms with Gasteiger partial charge in [0.25, 0.3) is 11.8 Å². The van der Waals surface area contributed by atoms with E-state index < -0.39 is 0 Å². The molecule has 0 spiro atoms. The van der Waals surface area contributed by atoms with E-state index in [1.54, 1.807) is 49.5 Å². The Hall–Kier alpha value is -2.45. The SMILES string of the molecule is C[N+](CCO)(CCO)CC(=O)N1c2ccc(Cl)cc2NC(=O)c2ccccc21. The highest BCUT2D eigenvalue weighted by Crippen LogP contribution is 2.39. The van der Waals surface area contributed by atoms with Gasteiger partial charge in [-0.1, -0.05) is 23.7 Å². The van der Waals surface area contributed by atoms with Crippen LogP contribution in [0.25, 0.3) is 0 Å². The number of nitrogens with zero attached hydrogens (tertiary/aromatic N) is 2. The number of hydrogen-bond donors (Lipinski definition) is 3. The van der Waals surface area contributed by atoms with Crippen molar-refractivity contribution >= 4 is 40.5 Å². The Kier molecular flexibility index (Phi) is 6.00. The highest BCUT2D eigenvalue weighted by molar-refractivity contribution is 6.31. The van der Waals surface area contributed by atoms with Crippen molar-refractivity contribution in [3.05, 3.63) is 53.1 Å². The Labute approximate surface area is 168 Å². The zero-order chi connectivity index (χ0) is 20.3. The normalized spacial score (nSPS) is 13.4. The molecule has 0 aliphatic carbocycles. The molecule has 3 rings (SSSR count). The summed E-state index contributed by atoms with van der Waals surface area (Å²) in [5.74, 6) is -0.575. The molecule has 0 atom stereocenters. The molecule has 8 heteroatoms. The van der Waals surface area contributed by atoms with Crippen molar-refractivity contribution in [1.29, 1.82) is 0 Å². The zero-order valence-electron chi connectivity index (χ0n) is 15.6. The van der Waals surface area contributed by atoms with Gasteiger partial charge in [0.1, 0.15) is 13.1 Å². The van der Waals surface area contributed by atoms with Crippen molar-refractivity contribution < 1.29 is 24.3 Å². The van der Waals surface area contributed by atoms with E-state index in [0.29, 0.717) is 40.7 Å². The summed E-state index contributed by atoms with van der Waals surface area (Å²) in [6, 6.07) is 11.9. The lowest BCUT2D eigenvalue weighted by Crippen LogP contribution is -2.53.